The fraction of sp³-hybridized carbons (Fsp3) is 0.889. The molecule has 0 spiro atoms. The highest BCUT2D eigenvalue weighted by atomic mass is 28.4. The first-order valence-corrected chi connectivity index (χ1v) is 7.50. The summed E-state index contributed by atoms with van der Waals surface area (Å²) in [6.45, 7) is 12.7. The Labute approximate surface area is 82.3 Å². The minimum absolute atomic E-state index is 0.116. The van der Waals surface area contributed by atoms with E-state index in [1.54, 1.807) is 0 Å². The van der Waals surface area contributed by atoms with Crippen molar-refractivity contribution in [3.05, 3.63) is 0 Å². The molecule has 4 heteroatoms. The summed E-state index contributed by atoms with van der Waals surface area (Å²) in [7, 11) is -1.75. The summed E-state index contributed by atoms with van der Waals surface area (Å²) < 4.78 is 5.85. The molecule has 0 rings (SSSR count). The molecule has 0 bridgehead atoms. The molecule has 3 nitrogen and oxygen atoms in total. The lowest BCUT2D eigenvalue weighted by Crippen LogP contribution is -2.46. The topological polar surface area (TPSA) is 59.1 Å². The Kier molecular flexibility index (Phi) is 3.69. The zero-order valence-corrected chi connectivity index (χ0v) is 10.6. The first kappa shape index (κ1) is 12.6. The van der Waals surface area contributed by atoms with Crippen LogP contribution < -0.4 is 5.73 Å². The van der Waals surface area contributed by atoms with E-state index in [4.69, 9.17) is 15.6 Å². The Morgan fingerprint density at radius 3 is 2.00 bits per heavy atom. The first-order chi connectivity index (χ1) is 5.58. The van der Waals surface area contributed by atoms with E-state index in [-0.39, 0.29) is 17.0 Å². The Bertz CT molecular complexity index is 196. The summed E-state index contributed by atoms with van der Waals surface area (Å²) in [5, 5.41) is 7.44. The predicted octanol–water partition coefficient (Wildman–Crippen LogP) is 2.33. The van der Waals surface area contributed by atoms with Crippen LogP contribution in [0.5, 0.6) is 0 Å². The molecule has 0 aliphatic carbocycles. The summed E-state index contributed by atoms with van der Waals surface area (Å²) in [4.78, 5) is 0. The van der Waals surface area contributed by atoms with Crippen LogP contribution in [0.15, 0.2) is 0 Å². The maximum atomic E-state index is 7.26. The number of rotatable bonds is 3. The van der Waals surface area contributed by atoms with E-state index in [2.05, 4.69) is 33.9 Å². The smallest absolute Gasteiger partial charge is 0.193 e. The number of nitrogens with one attached hydrogen (secondary N) is 1. The van der Waals surface area contributed by atoms with Crippen molar-refractivity contribution in [3.63, 3.8) is 0 Å². The van der Waals surface area contributed by atoms with Crippen molar-refractivity contribution in [2.75, 3.05) is 0 Å². The minimum atomic E-state index is -1.75. The molecule has 13 heavy (non-hydrogen) atoms. The maximum absolute atomic E-state index is 7.26. The quantitative estimate of drug-likeness (QED) is 0.419. The molecule has 0 heterocycles. The van der Waals surface area contributed by atoms with E-state index >= 15 is 0 Å². The third-order valence-corrected chi connectivity index (χ3v) is 7.27. The molecule has 0 aliphatic heterocycles. The van der Waals surface area contributed by atoms with E-state index < -0.39 is 8.32 Å². The lowest BCUT2D eigenvalue weighted by Gasteiger charge is -2.38. The summed E-state index contributed by atoms with van der Waals surface area (Å²) in [5.41, 5.74) is 5.37. The van der Waals surface area contributed by atoms with Gasteiger partial charge in [0.25, 0.3) is 0 Å². The van der Waals surface area contributed by atoms with Gasteiger partial charge in [-0.25, -0.2) is 0 Å². The largest absolute Gasteiger partial charge is 0.407 e. The third kappa shape index (κ3) is 3.48. The second-order valence-electron chi connectivity index (χ2n) is 4.98. The van der Waals surface area contributed by atoms with Crippen LogP contribution in [0.2, 0.25) is 18.1 Å². The van der Waals surface area contributed by atoms with Gasteiger partial charge in [-0.1, -0.05) is 20.8 Å². The molecule has 0 radical (unpaired) electrons. The van der Waals surface area contributed by atoms with E-state index in [0.29, 0.717) is 0 Å². The van der Waals surface area contributed by atoms with Gasteiger partial charge >= 0.3 is 0 Å². The fourth-order valence-corrected chi connectivity index (χ4v) is 2.05. The minimum Gasteiger partial charge on any atom is -0.407 e. The van der Waals surface area contributed by atoms with E-state index in [0.717, 1.165) is 0 Å². The van der Waals surface area contributed by atoms with Gasteiger partial charge in [-0.15, -0.1) is 0 Å². The fourth-order valence-electron chi connectivity index (χ4n) is 0.682. The zero-order valence-electron chi connectivity index (χ0n) is 9.56. The Morgan fingerprint density at radius 1 is 1.38 bits per heavy atom. The molecule has 0 aliphatic rings. The van der Waals surface area contributed by atoms with Gasteiger partial charge in [-0.2, -0.15) is 0 Å². The van der Waals surface area contributed by atoms with Crippen LogP contribution in [0.4, 0.5) is 0 Å². The Balaban J connectivity index is 4.43. The zero-order chi connectivity index (χ0) is 10.9. The number of amidine groups is 1. The van der Waals surface area contributed by atoms with Crippen molar-refractivity contribution in [1.29, 1.82) is 5.41 Å². The van der Waals surface area contributed by atoms with Crippen molar-refractivity contribution in [1.82, 2.24) is 0 Å². The number of hydrogen-bond donors (Lipinski definition) is 2. The standard InChI is InChI=1S/C9H22N2OSi/c1-7(8(10)11)12-13(5,6)9(2,3)4/h7H,1-6H3,(H3,10,11)/t7-/m1/s1. The van der Waals surface area contributed by atoms with Gasteiger partial charge in [0.1, 0.15) is 5.84 Å². The predicted molar refractivity (Wildman–Crippen MR) is 59.7 cm³/mol. The maximum Gasteiger partial charge on any atom is 0.193 e. The van der Waals surface area contributed by atoms with Crippen LogP contribution in [-0.2, 0) is 4.43 Å². The summed E-state index contributed by atoms with van der Waals surface area (Å²) >= 11 is 0. The molecule has 0 aromatic rings. The molecule has 0 fully saturated rings. The normalized spacial score (nSPS) is 15.5. The van der Waals surface area contributed by atoms with Gasteiger partial charge in [-0.3, -0.25) is 5.41 Å². The van der Waals surface area contributed by atoms with Crippen LogP contribution in [0.1, 0.15) is 27.7 Å². The third-order valence-electron chi connectivity index (χ3n) is 2.72. The van der Waals surface area contributed by atoms with Crippen LogP contribution in [0.25, 0.3) is 0 Å². The second kappa shape index (κ2) is 3.80. The molecular formula is C9H22N2OSi. The van der Waals surface area contributed by atoms with Crippen molar-refractivity contribution >= 4 is 14.2 Å². The second-order valence-corrected chi connectivity index (χ2v) is 9.73. The van der Waals surface area contributed by atoms with Crippen LogP contribution in [0.3, 0.4) is 0 Å². The van der Waals surface area contributed by atoms with E-state index in [9.17, 15) is 0 Å². The Hall–Kier alpha value is -0.353. The highest BCUT2D eigenvalue weighted by Gasteiger charge is 2.38. The molecule has 0 aromatic heterocycles. The van der Waals surface area contributed by atoms with Crippen LogP contribution in [-0.4, -0.2) is 20.3 Å². The molecule has 0 aromatic carbocycles. The molecule has 1 atom stereocenters. The average Bonchev–Trinajstić information content (AvgIpc) is 1.83. The summed E-state index contributed by atoms with van der Waals surface area (Å²) in [6, 6.07) is 0. The summed E-state index contributed by atoms with van der Waals surface area (Å²) in [5.74, 6) is 0.116. The van der Waals surface area contributed by atoms with Crippen molar-refractivity contribution < 1.29 is 4.43 Å². The van der Waals surface area contributed by atoms with Gasteiger partial charge < -0.3 is 10.2 Å². The molecule has 0 unspecified atom stereocenters. The van der Waals surface area contributed by atoms with E-state index in [1.165, 1.54) is 0 Å². The highest BCUT2D eigenvalue weighted by molar-refractivity contribution is 6.74. The first-order valence-electron chi connectivity index (χ1n) is 4.59. The molecular weight excluding hydrogens is 180 g/mol. The number of hydrogen-bond acceptors (Lipinski definition) is 2. The van der Waals surface area contributed by atoms with Crippen molar-refractivity contribution in [3.8, 4) is 0 Å². The molecule has 0 saturated carbocycles. The van der Waals surface area contributed by atoms with Gasteiger partial charge in [0.05, 0.1) is 6.10 Å². The van der Waals surface area contributed by atoms with Gasteiger partial charge in [-0.05, 0) is 25.1 Å². The van der Waals surface area contributed by atoms with Crippen LogP contribution >= 0.6 is 0 Å². The average molecular weight is 202 g/mol. The monoisotopic (exact) mass is 202 g/mol. The van der Waals surface area contributed by atoms with Gasteiger partial charge in [0.15, 0.2) is 8.32 Å². The lowest BCUT2D eigenvalue weighted by molar-refractivity contribution is 0.257. The molecule has 0 amide bonds. The SMILES string of the molecule is C[C@@H](O[Si](C)(C)C(C)(C)C)C(=N)N. The highest BCUT2D eigenvalue weighted by Crippen LogP contribution is 2.37. The van der Waals surface area contributed by atoms with Crippen LogP contribution in [0, 0.1) is 5.41 Å². The summed E-state index contributed by atoms with van der Waals surface area (Å²) in [6.07, 6.45) is -0.249. The van der Waals surface area contributed by atoms with E-state index in [1.807, 2.05) is 6.92 Å². The van der Waals surface area contributed by atoms with Crippen molar-refractivity contribution in [2.24, 2.45) is 5.73 Å². The Morgan fingerprint density at radius 2 is 1.77 bits per heavy atom. The lowest BCUT2D eigenvalue weighted by atomic mass is 10.2. The van der Waals surface area contributed by atoms with Gasteiger partial charge in [0.2, 0.25) is 0 Å². The molecule has 0 saturated heterocycles. The molecule has 78 valence electrons. The molecule has 3 N–H and O–H groups in total. The van der Waals surface area contributed by atoms with Gasteiger partial charge in [0, 0.05) is 0 Å². The van der Waals surface area contributed by atoms with Crippen molar-refractivity contribution in [2.45, 2.75) is 51.9 Å². The number of nitrogens with two attached hydrogens (primary N) is 1.